The first kappa shape index (κ1) is 18.5. The van der Waals surface area contributed by atoms with Crippen molar-refractivity contribution < 1.29 is 19.1 Å². The smallest absolute Gasteiger partial charge is 0.228 e. The van der Waals surface area contributed by atoms with Crippen LogP contribution in [-0.2, 0) is 9.59 Å². The van der Waals surface area contributed by atoms with Crippen molar-refractivity contribution in [3.63, 3.8) is 0 Å². The Morgan fingerprint density at radius 3 is 2.54 bits per heavy atom. The molecular formula is C19H27N3O4. The zero-order valence-electron chi connectivity index (χ0n) is 15.5. The Labute approximate surface area is 154 Å². The molecule has 2 amide bonds. The van der Waals surface area contributed by atoms with Gasteiger partial charge in [-0.1, -0.05) is 0 Å². The average Bonchev–Trinajstić information content (AvgIpc) is 3.05. The summed E-state index contributed by atoms with van der Waals surface area (Å²) in [5, 5.41) is 3.24. The minimum Gasteiger partial charge on any atom is -0.490 e. The van der Waals surface area contributed by atoms with Gasteiger partial charge in [-0.25, -0.2) is 0 Å². The van der Waals surface area contributed by atoms with Crippen molar-refractivity contribution in [1.29, 1.82) is 0 Å². The summed E-state index contributed by atoms with van der Waals surface area (Å²) in [5.74, 6) is 1.07. The van der Waals surface area contributed by atoms with Crippen molar-refractivity contribution in [2.75, 3.05) is 50.8 Å². The van der Waals surface area contributed by atoms with E-state index in [1.807, 2.05) is 36.9 Å². The lowest BCUT2D eigenvalue weighted by atomic mass is 10.1. The number of nitrogens with zero attached hydrogens (tertiary/aromatic N) is 2. The fourth-order valence-corrected chi connectivity index (χ4v) is 3.47. The molecule has 1 N–H and O–H groups in total. The molecule has 2 heterocycles. The van der Waals surface area contributed by atoms with Crippen LogP contribution in [0.5, 0.6) is 11.5 Å². The van der Waals surface area contributed by atoms with Gasteiger partial charge in [-0.3, -0.25) is 9.59 Å². The van der Waals surface area contributed by atoms with E-state index in [2.05, 4.69) is 5.32 Å². The molecule has 0 bridgehead atoms. The zero-order valence-corrected chi connectivity index (χ0v) is 15.5. The molecule has 1 aromatic carbocycles. The van der Waals surface area contributed by atoms with Crippen molar-refractivity contribution in [2.24, 2.45) is 5.92 Å². The first-order valence-corrected chi connectivity index (χ1v) is 9.33. The van der Waals surface area contributed by atoms with Crippen LogP contribution in [0.3, 0.4) is 0 Å². The monoisotopic (exact) mass is 361 g/mol. The summed E-state index contributed by atoms with van der Waals surface area (Å²) >= 11 is 0. The molecule has 142 valence electrons. The highest BCUT2D eigenvalue weighted by Crippen LogP contribution is 2.35. The molecule has 0 aromatic heterocycles. The number of benzene rings is 1. The highest BCUT2D eigenvalue weighted by Gasteiger charge is 2.37. The summed E-state index contributed by atoms with van der Waals surface area (Å²) in [4.78, 5) is 28.8. The number of carbonyl (C=O) groups is 2. The van der Waals surface area contributed by atoms with Gasteiger partial charge in [0.2, 0.25) is 11.8 Å². The molecule has 2 fully saturated rings. The largest absolute Gasteiger partial charge is 0.490 e. The van der Waals surface area contributed by atoms with Crippen LogP contribution in [0, 0.1) is 5.92 Å². The number of nitrogens with one attached hydrogen (secondary N) is 1. The predicted octanol–water partition coefficient (Wildman–Crippen LogP) is 1.27. The second kappa shape index (κ2) is 8.40. The summed E-state index contributed by atoms with van der Waals surface area (Å²) in [7, 11) is 0. The Kier molecular flexibility index (Phi) is 5.98. The minimum atomic E-state index is -0.275. The van der Waals surface area contributed by atoms with Crippen molar-refractivity contribution in [1.82, 2.24) is 10.2 Å². The third-order valence-corrected chi connectivity index (χ3v) is 4.74. The molecule has 1 unspecified atom stereocenters. The molecule has 26 heavy (non-hydrogen) atoms. The van der Waals surface area contributed by atoms with Crippen LogP contribution in [-0.4, -0.2) is 62.7 Å². The molecule has 2 aliphatic rings. The number of hydrogen-bond acceptors (Lipinski definition) is 5. The van der Waals surface area contributed by atoms with Gasteiger partial charge in [0.1, 0.15) is 0 Å². The summed E-state index contributed by atoms with van der Waals surface area (Å²) in [6.45, 7) is 8.35. The van der Waals surface area contributed by atoms with E-state index in [1.54, 1.807) is 4.90 Å². The third kappa shape index (κ3) is 3.93. The Bertz CT molecular complexity index is 658. The average molecular weight is 361 g/mol. The maximum Gasteiger partial charge on any atom is 0.228 e. The van der Waals surface area contributed by atoms with Gasteiger partial charge in [-0.15, -0.1) is 0 Å². The lowest BCUT2D eigenvalue weighted by Crippen LogP contribution is -2.48. The number of carbonyl (C=O) groups excluding carboxylic acids is 2. The van der Waals surface area contributed by atoms with E-state index in [4.69, 9.17) is 9.47 Å². The van der Waals surface area contributed by atoms with Gasteiger partial charge in [0.05, 0.1) is 19.1 Å². The fourth-order valence-electron chi connectivity index (χ4n) is 3.47. The normalized spacial score (nSPS) is 20.4. The van der Waals surface area contributed by atoms with Crippen LogP contribution in [0.2, 0.25) is 0 Å². The molecule has 1 aromatic rings. The number of rotatable bonds is 6. The minimum absolute atomic E-state index is 0.0231. The van der Waals surface area contributed by atoms with Gasteiger partial charge in [0.25, 0.3) is 0 Å². The summed E-state index contributed by atoms with van der Waals surface area (Å²) in [6, 6.07) is 5.50. The molecule has 0 saturated carbocycles. The second-order valence-electron chi connectivity index (χ2n) is 6.48. The molecular weight excluding hydrogens is 334 g/mol. The van der Waals surface area contributed by atoms with Gasteiger partial charge in [0, 0.05) is 50.9 Å². The molecule has 7 nitrogen and oxygen atoms in total. The summed E-state index contributed by atoms with van der Waals surface area (Å²) in [5.41, 5.74) is 0.748. The van der Waals surface area contributed by atoms with Gasteiger partial charge in [-0.2, -0.15) is 0 Å². The molecule has 0 aliphatic carbocycles. The number of anilines is 1. The standard InChI is InChI=1S/C19H27N3O4/c1-3-25-16-6-5-15(12-17(16)26-4-2)22-13-14(11-18(22)23)19(24)21-9-7-20-8-10-21/h5-6,12,14,20H,3-4,7-11,13H2,1-2H3. The lowest BCUT2D eigenvalue weighted by Gasteiger charge is -2.29. The van der Waals surface area contributed by atoms with Crippen molar-refractivity contribution >= 4 is 17.5 Å². The maximum absolute atomic E-state index is 12.7. The first-order valence-electron chi connectivity index (χ1n) is 9.33. The van der Waals surface area contributed by atoms with E-state index in [9.17, 15) is 9.59 Å². The quantitative estimate of drug-likeness (QED) is 0.826. The SMILES string of the molecule is CCOc1ccc(N2CC(C(=O)N3CCNCC3)CC2=O)cc1OCC. The Hall–Kier alpha value is -2.28. The molecule has 7 heteroatoms. The molecule has 2 saturated heterocycles. The number of ether oxygens (including phenoxy) is 2. The Balaban J connectivity index is 1.74. The topological polar surface area (TPSA) is 71.1 Å². The number of piperazine rings is 1. The highest BCUT2D eigenvalue weighted by molar-refractivity contribution is 6.00. The van der Waals surface area contributed by atoms with Crippen molar-refractivity contribution in [2.45, 2.75) is 20.3 Å². The number of amides is 2. The van der Waals surface area contributed by atoms with Gasteiger partial charge in [-0.05, 0) is 26.0 Å². The third-order valence-electron chi connectivity index (χ3n) is 4.74. The highest BCUT2D eigenvalue weighted by atomic mass is 16.5. The van der Waals surface area contributed by atoms with Crippen LogP contribution in [0.15, 0.2) is 18.2 Å². The molecule has 0 radical (unpaired) electrons. The molecule has 0 spiro atoms. The van der Waals surface area contributed by atoms with Crippen LogP contribution >= 0.6 is 0 Å². The first-order chi connectivity index (χ1) is 12.6. The van der Waals surface area contributed by atoms with Crippen LogP contribution in [0.25, 0.3) is 0 Å². The van der Waals surface area contributed by atoms with Crippen molar-refractivity contribution in [3.8, 4) is 11.5 Å². The number of hydrogen-bond donors (Lipinski definition) is 1. The molecule has 2 aliphatic heterocycles. The van der Waals surface area contributed by atoms with Crippen molar-refractivity contribution in [3.05, 3.63) is 18.2 Å². The van der Waals surface area contributed by atoms with Gasteiger partial charge < -0.3 is 24.6 Å². The maximum atomic E-state index is 12.7. The van der Waals surface area contributed by atoms with Crippen LogP contribution in [0.1, 0.15) is 20.3 Å². The Morgan fingerprint density at radius 2 is 1.85 bits per heavy atom. The van der Waals surface area contributed by atoms with Gasteiger partial charge in [0.15, 0.2) is 11.5 Å². The van der Waals surface area contributed by atoms with E-state index >= 15 is 0 Å². The van der Waals surface area contributed by atoms with E-state index in [0.717, 1.165) is 18.8 Å². The Morgan fingerprint density at radius 1 is 1.15 bits per heavy atom. The van der Waals surface area contributed by atoms with Crippen LogP contribution < -0.4 is 19.7 Å². The predicted molar refractivity (Wildman–Crippen MR) is 98.7 cm³/mol. The zero-order chi connectivity index (χ0) is 18.5. The lowest BCUT2D eigenvalue weighted by molar-refractivity contribution is -0.136. The van der Waals surface area contributed by atoms with Gasteiger partial charge >= 0.3 is 0 Å². The van der Waals surface area contributed by atoms with E-state index in [0.29, 0.717) is 44.3 Å². The van der Waals surface area contributed by atoms with Crippen LogP contribution in [0.4, 0.5) is 5.69 Å². The molecule has 3 rings (SSSR count). The summed E-state index contributed by atoms with van der Waals surface area (Å²) in [6.07, 6.45) is 0.264. The second-order valence-corrected chi connectivity index (χ2v) is 6.48. The summed E-state index contributed by atoms with van der Waals surface area (Å²) < 4.78 is 11.2. The molecule has 1 atom stereocenters. The van der Waals surface area contributed by atoms with E-state index in [1.165, 1.54) is 0 Å². The van der Waals surface area contributed by atoms with E-state index in [-0.39, 0.29) is 24.2 Å². The van der Waals surface area contributed by atoms with E-state index < -0.39 is 0 Å². The fraction of sp³-hybridized carbons (Fsp3) is 0.579.